The number of thioether (sulfide) groups is 1. The van der Waals surface area contributed by atoms with Gasteiger partial charge in [0.05, 0.1) is 15.3 Å². The third-order valence-electron chi connectivity index (χ3n) is 4.82. The van der Waals surface area contributed by atoms with Gasteiger partial charge < -0.3 is 21.0 Å². The van der Waals surface area contributed by atoms with Crippen molar-refractivity contribution in [1.82, 2.24) is 20.2 Å². The number of aryl methyl sites for hydroxylation is 1. The van der Waals surface area contributed by atoms with E-state index in [0.29, 0.717) is 5.57 Å². The molecule has 1 fully saturated rings. The maximum Gasteiger partial charge on any atom is 0.352 e. The third kappa shape index (κ3) is 4.36. The molecule has 33 heavy (non-hydrogen) atoms. The van der Waals surface area contributed by atoms with Gasteiger partial charge in [-0.15, -0.1) is 34.4 Å². The fraction of sp³-hybridized carbons (Fsp3) is 0.263. The van der Waals surface area contributed by atoms with Gasteiger partial charge in [-0.1, -0.05) is 11.2 Å². The second-order valence-corrected chi connectivity index (χ2v) is 9.66. The number of allylic oxidation sites excluding steroid dienone is 1. The molecule has 2 aromatic rings. The zero-order valence-corrected chi connectivity index (χ0v) is 19.3. The van der Waals surface area contributed by atoms with Crippen LogP contribution in [0.1, 0.15) is 20.4 Å². The highest BCUT2D eigenvalue weighted by molar-refractivity contribution is 8.00. The van der Waals surface area contributed by atoms with Gasteiger partial charge in [0.2, 0.25) is 0 Å². The van der Waals surface area contributed by atoms with Crippen LogP contribution in [0.25, 0.3) is 6.08 Å². The van der Waals surface area contributed by atoms with Crippen molar-refractivity contribution < 1.29 is 28.4 Å². The van der Waals surface area contributed by atoms with Crippen LogP contribution in [0.2, 0.25) is 0 Å². The van der Waals surface area contributed by atoms with Crippen molar-refractivity contribution in [1.29, 1.82) is 0 Å². The van der Waals surface area contributed by atoms with Crippen LogP contribution in [0.4, 0.5) is 5.13 Å². The molecule has 0 saturated carbocycles. The summed E-state index contributed by atoms with van der Waals surface area (Å²) in [6.45, 7) is 1.83. The van der Waals surface area contributed by atoms with Gasteiger partial charge in [-0.25, -0.2) is 14.8 Å². The molecule has 1 saturated heterocycles. The second kappa shape index (κ2) is 9.33. The lowest BCUT2D eigenvalue weighted by molar-refractivity contribution is -0.150. The van der Waals surface area contributed by atoms with Crippen LogP contribution in [0.15, 0.2) is 33.4 Å². The number of β-lactam (4-membered cyclic amide) rings is 1. The number of anilines is 1. The van der Waals surface area contributed by atoms with E-state index in [1.54, 1.807) is 17.7 Å². The Hall–Kier alpha value is -3.23. The molecule has 0 radical (unpaired) electrons. The highest BCUT2D eigenvalue weighted by Crippen LogP contribution is 2.41. The van der Waals surface area contributed by atoms with E-state index in [2.05, 4.69) is 25.3 Å². The number of carboxylic acids is 1. The number of fused-ring (bicyclic) bond motifs is 1. The predicted octanol–water partition coefficient (Wildman–Crippen LogP) is 1.29. The zero-order chi connectivity index (χ0) is 26.2. The van der Waals surface area contributed by atoms with Crippen molar-refractivity contribution in [3.05, 3.63) is 44.5 Å². The number of nitrogen functional groups attached to an aromatic ring is 1. The number of nitrogens with zero attached hydrogens (tertiary/aromatic N) is 4. The van der Waals surface area contributed by atoms with Crippen molar-refractivity contribution in [2.75, 3.05) is 18.5 Å². The lowest BCUT2D eigenvalue weighted by Crippen LogP contribution is -2.71. The number of nitrogens with two attached hydrogens (primary N) is 1. The number of amides is 2. The Morgan fingerprint density at radius 2 is 2.27 bits per heavy atom. The number of carbonyl (C=O) groups is 3. The summed E-state index contributed by atoms with van der Waals surface area (Å²) >= 11 is 3.68. The summed E-state index contributed by atoms with van der Waals surface area (Å²) in [5, 5.41) is 16.5. The first-order chi connectivity index (χ1) is 17.0. The summed E-state index contributed by atoms with van der Waals surface area (Å²) in [5.74, 6) is -2.55. The third-order valence-corrected chi connectivity index (χ3v) is 7.69. The van der Waals surface area contributed by atoms with E-state index in [4.69, 9.17) is 9.85 Å². The van der Waals surface area contributed by atoms with E-state index in [1.165, 1.54) is 28.5 Å². The van der Waals surface area contributed by atoms with Crippen LogP contribution < -0.4 is 11.1 Å². The number of aromatic nitrogens is 2. The molecule has 2 atom stereocenters. The first-order valence-corrected chi connectivity index (χ1v) is 12.0. The minimum Gasteiger partial charge on any atom is -0.477 e. The van der Waals surface area contributed by atoms with E-state index in [0.717, 1.165) is 26.8 Å². The van der Waals surface area contributed by atoms with Crippen molar-refractivity contribution in [3.8, 4) is 0 Å². The summed E-state index contributed by atoms with van der Waals surface area (Å²) in [5.41, 5.74) is 7.85. The van der Waals surface area contributed by atoms with Gasteiger partial charge in [0, 0.05) is 16.0 Å². The van der Waals surface area contributed by atoms with E-state index < -0.39 is 41.9 Å². The number of carboxylic acid groups (broad SMARTS) is 1. The topological polar surface area (TPSA) is 160 Å². The number of nitrogens with one attached hydrogen (secondary N) is 1. The molecular weight excluding hydrogens is 488 g/mol. The molecule has 4 rings (SSSR count). The van der Waals surface area contributed by atoms with Crippen LogP contribution in [-0.4, -0.2) is 67.7 Å². The molecular formula is C19H18N6O5S3. The van der Waals surface area contributed by atoms with Gasteiger partial charge in [0.25, 0.3) is 11.8 Å². The average molecular weight is 510 g/mol. The average Bonchev–Trinajstić information content (AvgIpc) is 3.42. The maximum absolute atomic E-state index is 12.9. The monoisotopic (exact) mass is 509 g/mol. The van der Waals surface area contributed by atoms with E-state index in [-0.39, 0.29) is 22.3 Å². The lowest BCUT2D eigenvalue weighted by Gasteiger charge is -2.49. The first-order valence-electron chi connectivity index (χ1n) is 10.7. The first kappa shape index (κ1) is 19.3. The molecule has 0 spiro atoms. The molecule has 0 aromatic carbocycles. The highest BCUT2D eigenvalue weighted by Gasteiger charge is 2.54. The van der Waals surface area contributed by atoms with E-state index >= 15 is 0 Å². The number of thiazole rings is 2. The number of hydrogen-bond donors (Lipinski definition) is 3. The summed E-state index contributed by atoms with van der Waals surface area (Å²) < 4.78 is 21.4. The number of oxime groups is 1. The maximum atomic E-state index is 12.9. The summed E-state index contributed by atoms with van der Waals surface area (Å²) in [7, 11) is -2.92. The Bertz CT molecular complexity index is 1320. The van der Waals surface area contributed by atoms with E-state index in [9.17, 15) is 19.5 Å². The molecule has 0 unspecified atom stereocenters. The van der Waals surface area contributed by atoms with Crippen molar-refractivity contribution >= 4 is 69.1 Å². The standard InChI is InChI=1S/C19H18N6O5S3/c1-8-11(33-7-21-8)4-3-9-5-31-17-13(16(27)25(17)14(9)18(28)29)23-15(26)12(24-30-2)10-6-32-19(20)22-10/h3-4,6-7,13,17H,5H2,1-2H3,(H2,20,22)(H,23,26)(H,28,29)/b4-3-,24-12-/t13-,17-/m0/s1/i2D3. The molecule has 2 aliphatic heterocycles. The van der Waals surface area contributed by atoms with Crippen molar-refractivity contribution in [2.24, 2.45) is 5.16 Å². The molecule has 11 nitrogen and oxygen atoms in total. The Balaban J connectivity index is 1.55. The quantitative estimate of drug-likeness (QED) is 0.284. The Morgan fingerprint density at radius 3 is 2.91 bits per heavy atom. The van der Waals surface area contributed by atoms with Gasteiger partial charge in [0.1, 0.15) is 29.8 Å². The highest BCUT2D eigenvalue weighted by atomic mass is 32.2. The largest absolute Gasteiger partial charge is 0.477 e. The van der Waals surface area contributed by atoms with Gasteiger partial charge in [0.15, 0.2) is 10.8 Å². The number of rotatable bonds is 7. The van der Waals surface area contributed by atoms with Gasteiger partial charge in [-0.05, 0) is 18.6 Å². The van der Waals surface area contributed by atoms with Gasteiger partial charge in [-0.3, -0.25) is 14.5 Å². The fourth-order valence-corrected chi connectivity index (χ4v) is 5.84. The van der Waals surface area contributed by atoms with Crippen LogP contribution in [0.3, 0.4) is 0 Å². The molecule has 14 heteroatoms. The molecule has 0 aliphatic carbocycles. The number of aliphatic carboxylic acids is 1. The second-order valence-electron chi connectivity index (χ2n) is 6.78. The minimum absolute atomic E-state index is 0.0314. The molecule has 172 valence electrons. The Morgan fingerprint density at radius 1 is 1.45 bits per heavy atom. The summed E-state index contributed by atoms with van der Waals surface area (Å²) in [4.78, 5) is 52.4. The summed E-state index contributed by atoms with van der Waals surface area (Å²) in [6.07, 6.45) is 3.40. The Kier molecular flexibility index (Phi) is 5.44. The van der Waals surface area contributed by atoms with Gasteiger partial charge in [-0.2, -0.15) is 0 Å². The normalized spacial score (nSPS) is 22.3. The SMILES string of the molecule is [2H]C([2H])([2H])O/N=C(\C(=O)N[C@H]1C(=O)N2C(C(=O)O)=C(/C=C\c3scnc3C)CS[C@@H]12)c1csc(N)n1. The summed E-state index contributed by atoms with van der Waals surface area (Å²) in [6, 6.07) is -1.07. The van der Waals surface area contributed by atoms with E-state index in [1.807, 2.05) is 6.92 Å². The van der Waals surface area contributed by atoms with Crippen LogP contribution in [0.5, 0.6) is 0 Å². The van der Waals surface area contributed by atoms with Crippen molar-refractivity contribution in [2.45, 2.75) is 18.3 Å². The fourth-order valence-electron chi connectivity index (χ4n) is 3.27. The van der Waals surface area contributed by atoms with Crippen LogP contribution in [-0.2, 0) is 19.2 Å². The lowest BCUT2D eigenvalue weighted by atomic mass is 10.0. The van der Waals surface area contributed by atoms with Crippen molar-refractivity contribution in [3.63, 3.8) is 0 Å². The molecule has 2 aromatic heterocycles. The minimum atomic E-state index is -2.92. The molecule has 2 aliphatic rings. The number of carbonyl (C=O) groups excluding carboxylic acids is 2. The smallest absolute Gasteiger partial charge is 0.352 e. The molecule has 4 N–H and O–H groups in total. The predicted molar refractivity (Wildman–Crippen MR) is 126 cm³/mol. The molecule has 4 heterocycles. The number of hydrogen-bond acceptors (Lipinski definition) is 11. The van der Waals surface area contributed by atoms with Gasteiger partial charge >= 0.3 is 5.97 Å². The van der Waals surface area contributed by atoms with Crippen LogP contribution in [0, 0.1) is 6.92 Å². The Labute approximate surface area is 204 Å². The molecule has 2 amide bonds. The molecule has 0 bridgehead atoms. The zero-order valence-electron chi connectivity index (χ0n) is 19.8. The van der Waals surface area contributed by atoms with Crippen LogP contribution >= 0.6 is 34.4 Å².